The minimum absolute atomic E-state index is 0.00694. The van der Waals surface area contributed by atoms with E-state index in [0.717, 1.165) is 0 Å². The number of hydrogen-bond donors (Lipinski definition) is 1. The molecular formula is C7H12O3. The normalized spacial score (nSPS) is 33.0. The van der Waals surface area contributed by atoms with Crippen molar-refractivity contribution in [3.8, 4) is 0 Å². The van der Waals surface area contributed by atoms with Crippen LogP contribution in [-0.2, 0) is 9.53 Å². The minimum atomic E-state index is -0.889. The lowest BCUT2D eigenvalue weighted by atomic mass is 9.93. The lowest BCUT2D eigenvalue weighted by Crippen LogP contribution is -2.25. The van der Waals surface area contributed by atoms with Gasteiger partial charge in [0, 0.05) is 5.92 Å². The maximum atomic E-state index is 10.6. The van der Waals surface area contributed by atoms with Crippen molar-refractivity contribution in [3.63, 3.8) is 0 Å². The second-order valence-corrected chi connectivity index (χ2v) is 2.98. The quantitative estimate of drug-likeness (QED) is 0.534. The molecule has 0 aromatic rings. The van der Waals surface area contributed by atoms with Gasteiger partial charge in [0.1, 0.15) is 0 Å². The summed E-state index contributed by atoms with van der Waals surface area (Å²) in [5.74, 6) is -0.173. The minimum Gasteiger partial charge on any atom is -0.463 e. The number of aliphatic hydroxyl groups excluding tert-OH is 1. The molecule has 1 aliphatic heterocycles. The molecule has 0 aromatic carbocycles. The van der Waals surface area contributed by atoms with E-state index in [1.54, 1.807) is 0 Å². The summed E-state index contributed by atoms with van der Waals surface area (Å²) in [7, 11) is 0. The van der Waals surface area contributed by atoms with Gasteiger partial charge in [-0.15, -0.1) is 0 Å². The molecule has 2 atom stereocenters. The lowest BCUT2D eigenvalue weighted by Gasteiger charge is -2.12. The molecule has 1 aliphatic rings. The van der Waals surface area contributed by atoms with Crippen molar-refractivity contribution in [1.82, 2.24) is 0 Å². The first-order chi connectivity index (χ1) is 4.63. The van der Waals surface area contributed by atoms with Gasteiger partial charge in [0.05, 0.1) is 6.61 Å². The molecule has 2 unspecified atom stereocenters. The molecular weight excluding hydrogens is 132 g/mol. The van der Waals surface area contributed by atoms with Gasteiger partial charge in [-0.1, -0.05) is 13.8 Å². The number of aliphatic hydroxyl groups is 1. The van der Waals surface area contributed by atoms with Crippen LogP contribution in [0.3, 0.4) is 0 Å². The SMILES string of the molecule is CC(C)C1COC(=O)C1O. The Balaban J connectivity index is 2.57. The molecule has 1 rings (SSSR count). The van der Waals surface area contributed by atoms with E-state index in [1.807, 2.05) is 13.8 Å². The average molecular weight is 144 g/mol. The first-order valence-corrected chi connectivity index (χ1v) is 3.47. The molecule has 0 radical (unpaired) electrons. The third-order valence-corrected chi connectivity index (χ3v) is 1.92. The first kappa shape index (κ1) is 7.54. The maximum absolute atomic E-state index is 10.6. The van der Waals surface area contributed by atoms with Gasteiger partial charge in [0.25, 0.3) is 0 Å². The zero-order valence-electron chi connectivity index (χ0n) is 6.20. The number of rotatable bonds is 1. The second-order valence-electron chi connectivity index (χ2n) is 2.98. The number of carbonyl (C=O) groups is 1. The van der Waals surface area contributed by atoms with Crippen LogP contribution in [0.2, 0.25) is 0 Å². The van der Waals surface area contributed by atoms with Crippen LogP contribution in [0, 0.1) is 11.8 Å². The van der Waals surface area contributed by atoms with E-state index in [0.29, 0.717) is 12.5 Å². The zero-order chi connectivity index (χ0) is 7.72. The highest BCUT2D eigenvalue weighted by Crippen LogP contribution is 2.22. The number of cyclic esters (lactones) is 1. The molecule has 0 amide bonds. The van der Waals surface area contributed by atoms with E-state index in [-0.39, 0.29) is 5.92 Å². The predicted octanol–water partition coefficient (Wildman–Crippen LogP) is 0.176. The molecule has 3 nitrogen and oxygen atoms in total. The number of esters is 1. The lowest BCUT2D eigenvalue weighted by molar-refractivity contribution is -0.144. The molecule has 58 valence electrons. The van der Waals surface area contributed by atoms with Gasteiger partial charge in [-0.3, -0.25) is 0 Å². The van der Waals surface area contributed by atoms with Gasteiger partial charge < -0.3 is 9.84 Å². The Morgan fingerprint density at radius 2 is 2.30 bits per heavy atom. The van der Waals surface area contributed by atoms with E-state index in [9.17, 15) is 4.79 Å². The third kappa shape index (κ3) is 1.14. The standard InChI is InChI=1S/C7H12O3/c1-4(2)5-3-10-7(9)6(5)8/h4-6,8H,3H2,1-2H3. The van der Waals surface area contributed by atoms with Crippen molar-refractivity contribution in [2.24, 2.45) is 11.8 Å². The van der Waals surface area contributed by atoms with E-state index in [4.69, 9.17) is 5.11 Å². The van der Waals surface area contributed by atoms with Crippen LogP contribution in [0.4, 0.5) is 0 Å². The van der Waals surface area contributed by atoms with Crippen molar-refractivity contribution in [3.05, 3.63) is 0 Å². The van der Waals surface area contributed by atoms with E-state index in [2.05, 4.69) is 4.74 Å². The summed E-state index contributed by atoms with van der Waals surface area (Å²) in [6.07, 6.45) is -0.889. The highest BCUT2D eigenvalue weighted by Gasteiger charge is 2.36. The Hall–Kier alpha value is -0.570. The zero-order valence-corrected chi connectivity index (χ0v) is 6.20. The molecule has 3 heteroatoms. The van der Waals surface area contributed by atoms with Crippen LogP contribution in [0.25, 0.3) is 0 Å². The highest BCUT2D eigenvalue weighted by molar-refractivity contribution is 5.76. The van der Waals surface area contributed by atoms with Gasteiger partial charge in [0.2, 0.25) is 0 Å². The Morgan fingerprint density at radius 1 is 1.70 bits per heavy atom. The molecule has 1 heterocycles. The third-order valence-electron chi connectivity index (χ3n) is 1.92. The average Bonchev–Trinajstić information content (AvgIpc) is 2.14. The summed E-state index contributed by atoms with van der Waals surface area (Å²) in [6.45, 7) is 4.31. The number of ether oxygens (including phenoxy) is 1. The van der Waals surface area contributed by atoms with Crippen molar-refractivity contribution in [1.29, 1.82) is 0 Å². The second kappa shape index (κ2) is 2.58. The Kier molecular flexibility index (Phi) is 1.94. The fraction of sp³-hybridized carbons (Fsp3) is 0.857. The van der Waals surface area contributed by atoms with Crippen LogP contribution in [0.1, 0.15) is 13.8 Å². The van der Waals surface area contributed by atoms with Gasteiger partial charge in [-0.2, -0.15) is 0 Å². The predicted molar refractivity (Wildman–Crippen MR) is 35.3 cm³/mol. The van der Waals surface area contributed by atoms with Gasteiger partial charge in [0.15, 0.2) is 6.10 Å². The van der Waals surface area contributed by atoms with E-state index >= 15 is 0 Å². The number of carbonyl (C=O) groups excluding carboxylic acids is 1. The topological polar surface area (TPSA) is 46.5 Å². The van der Waals surface area contributed by atoms with Crippen LogP contribution in [0.5, 0.6) is 0 Å². The summed E-state index contributed by atoms with van der Waals surface area (Å²) in [5, 5.41) is 9.15. The Bertz CT molecular complexity index is 142. The van der Waals surface area contributed by atoms with Gasteiger partial charge in [-0.25, -0.2) is 4.79 Å². The van der Waals surface area contributed by atoms with Crippen molar-refractivity contribution < 1.29 is 14.6 Å². The van der Waals surface area contributed by atoms with Crippen molar-refractivity contribution in [2.75, 3.05) is 6.61 Å². The summed E-state index contributed by atoms with van der Waals surface area (Å²) < 4.78 is 4.65. The first-order valence-electron chi connectivity index (χ1n) is 3.47. The van der Waals surface area contributed by atoms with E-state index < -0.39 is 12.1 Å². The maximum Gasteiger partial charge on any atom is 0.335 e. The molecule has 0 saturated carbocycles. The fourth-order valence-electron chi connectivity index (χ4n) is 1.09. The molecule has 1 N–H and O–H groups in total. The van der Waals surface area contributed by atoms with E-state index in [1.165, 1.54) is 0 Å². The van der Waals surface area contributed by atoms with Crippen LogP contribution in [-0.4, -0.2) is 23.8 Å². The number of hydrogen-bond acceptors (Lipinski definition) is 3. The van der Waals surface area contributed by atoms with Crippen LogP contribution >= 0.6 is 0 Å². The Morgan fingerprint density at radius 3 is 2.50 bits per heavy atom. The monoisotopic (exact) mass is 144 g/mol. The van der Waals surface area contributed by atoms with Crippen LogP contribution in [0.15, 0.2) is 0 Å². The van der Waals surface area contributed by atoms with Crippen LogP contribution < -0.4 is 0 Å². The summed E-state index contributed by atoms with van der Waals surface area (Å²) in [5.41, 5.74) is 0. The fourth-order valence-corrected chi connectivity index (χ4v) is 1.09. The van der Waals surface area contributed by atoms with Gasteiger partial charge in [-0.05, 0) is 5.92 Å². The summed E-state index contributed by atoms with van der Waals surface area (Å²) in [4.78, 5) is 10.6. The van der Waals surface area contributed by atoms with Gasteiger partial charge >= 0.3 is 5.97 Å². The van der Waals surface area contributed by atoms with Crippen molar-refractivity contribution >= 4 is 5.97 Å². The summed E-state index contributed by atoms with van der Waals surface area (Å²) >= 11 is 0. The van der Waals surface area contributed by atoms with Crippen molar-refractivity contribution in [2.45, 2.75) is 20.0 Å². The smallest absolute Gasteiger partial charge is 0.335 e. The largest absolute Gasteiger partial charge is 0.463 e. The molecule has 1 saturated heterocycles. The molecule has 10 heavy (non-hydrogen) atoms. The molecule has 0 aromatic heterocycles. The molecule has 0 bridgehead atoms. The molecule has 1 fully saturated rings. The molecule has 0 spiro atoms. The highest BCUT2D eigenvalue weighted by atomic mass is 16.6. The molecule has 0 aliphatic carbocycles. The Labute approximate surface area is 60.0 Å². The summed E-state index contributed by atoms with van der Waals surface area (Å²) in [6, 6.07) is 0.